The summed E-state index contributed by atoms with van der Waals surface area (Å²) in [5, 5.41) is 8.30. The highest BCUT2D eigenvalue weighted by atomic mass is 35.5. The molecule has 5 heteroatoms. The smallest absolute Gasteiger partial charge is 0.183 e. The molecule has 0 unspecified atom stereocenters. The number of aromatic nitrogens is 4. The lowest BCUT2D eigenvalue weighted by molar-refractivity contribution is 0.630. The highest BCUT2D eigenvalue weighted by Gasteiger charge is 2.10. The lowest BCUT2D eigenvalue weighted by Gasteiger charge is -2.06. The Bertz CT molecular complexity index is 499. The highest BCUT2D eigenvalue weighted by molar-refractivity contribution is 6.29. The first kappa shape index (κ1) is 11.9. The van der Waals surface area contributed by atoms with Gasteiger partial charge in [0, 0.05) is 18.0 Å². The predicted molar refractivity (Wildman–Crippen MR) is 66.6 cm³/mol. The molecule has 4 nitrogen and oxygen atoms in total. The quantitative estimate of drug-likeness (QED) is 0.838. The van der Waals surface area contributed by atoms with Gasteiger partial charge < -0.3 is 0 Å². The fourth-order valence-corrected chi connectivity index (χ4v) is 1.64. The summed E-state index contributed by atoms with van der Waals surface area (Å²) in [6.45, 7) is 4.23. The van der Waals surface area contributed by atoms with Gasteiger partial charge in [0.2, 0.25) is 0 Å². The summed E-state index contributed by atoms with van der Waals surface area (Å²) in [6, 6.07) is 3.74. The molecule has 0 aliphatic heterocycles. The Balaban J connectivity index is 2.37. The Morgan fingerprint density at radius 2 is 2.12 bits per heavy atom. The van der Waals surface area contributed by atoms with Gasteiger partial charge >= 0.3 is 0 Å². The van der Waals surface area contributed by atoms with Gasteiger partial charge in [-0.2, -0.15) is 0 Å². The van der Waals surface area contributed by atoms with Gasteiger partial charge in [0.15, 0.2) is 11.0 Å². The van der Waals surface area contributed by atoms with Crippen LogP contribution in [0.3, 0.4) is 0 Å². The number of halogens is 1. The molecule has 0 aromatic carbocycles. The molecule has 0 amide bonds. The van der Waals surface area contributed by atoms with E-state index in [1.54, 1.807) is 12.4 Å². The first-order valence-electron chi connectivity index (χ1n) is 5.46. The molecule has 0 bridgehead atoms. The lowest BCUT2D eigenvalue weighted by Crippen LogP contribution is -2.03. The van der Waals surface area contributed by atoms with Crippen LogP contribution in [-0.2, 0) is 6.42 Å². The molecule has 2 heterocycles. The van der Waals surface area contributed by atoms with E-state index in [0.717, 1.165) is 17.7 Å². The molecule has 0 radical (unpaired) electrons. The van der Waals surface area contributed by atoms with E-state index >= 15 is 0 Å². The van der Waals surface area contributed by atoms with E-state index in [2.05, 4.69) is 34.0 Å². The Morgan fingerprint density at radius 3 is 2.76 bits per heavy atom. The Hall–Kier alpha value is -1.55. The van der Waals surface area contributed by atoms with Crippen molar-refractivity contribution >= 4 is 11.6 Å². The van der Waals surface area contributed by atoms with Gasteiger partial charge in [0.25, 0.3) is 0 Å². The monoisotopic (exact) mass is 248 g/mol. The molecule has 88 valence electrons. The van der Waals surface area contributed by atoms with Crippen molar-refractivity contribution in [1.82, 2.24) is 20.2 Å². The summed E-state index contributed by atoms with van der Waals surface area (Å²) in [4.78, 5) is 8.47. The zero-order chi connectivity index (χ0) is 12.3. The summed E-state index contributed by atoms with van der Waals surface area (Å²) < 4.78 is 0. The second-order valence-corrected chi connectivity index (χ2v) is 4.57. The van der Waals surface area contributed by atoms with Crippen molar-refractivity contribution in [2.75, 3.05) is 0 Å². The maximum Gasteiger partial charge on any atom is 0.183 e. The Labute approximate surface area is 105 Å². The van der Waals surface area contributed by atoms with Gasteiger partial charge in [-0.05, 0) is 24.5 Å². The molecule has 2 aromatic heterocycles. The largest absolute Gasteiger partial charge is 0.264 e. The van der Waals surface area contributed by atoms with Gasteiger partial charge in [0.1, 0.15) is 0 Å². The van der Waals surface area contributed by atoms with E-state index in [9.17, 15) is 0 Å². The van der Waals surface area contributed by atoms with Crippen LogP contribution in [0.5, 0.6) is 0 Å². The fourth-order valence-electron chi connectivity index (χ4n) is 1.48. The minimum atomic E-state index is 0.381. The predicted octanol–water partition coefficient (Wildman–Crippen LogP) is 2.79. The van der Waals surface area contributed by atoms with Crippen LogP contribution < -0.4 is 0 Å². The van der Waals surface area contributed by atoms with Crippen LogP contribution in [0.25, 0.3) is 11.4 Å². The molecular formula is C12H13ClN4. The zero-order valence-electron chi connectivity index (χ0n) is 9.76. The maximum absolute atomic E-state index is 5.98. The van der Waals surface area contributed by atoms with Gasteiger partial charge in [0.05, 0.1) is 5.69 Å². The van der Waals surface area contributed by atoms with Crippen molar-refractivity contribution in [2.45, 2.75) is 20.3 Å². The topological polar surface area (TPSA) is 51.6 Å². The zero-order valence-corrected chi connectivity index (χ0v) is 10.5. The van der Waals surface area contributed by atoms with Crippen LogP contribution in [0.15, 0.2) is 24.5 Å². The minimum absolute atomic E-state index is 0.381. The molecule has 0 aliphatic carbocycles. The summed E-state index contributed by atoms with van der Waals surface area (Å²) in [7, 11) is 0. The van der Waals surface area contributed by atoms with Crippen LogP contribution in [-0.4, -0.2) is 20.2 Å². The number of hydrogen-bond acceptors (Lipinski definition) is 4. The van der Waals surface area contributed by atoms with Crippen molar-refractivity contribution in [3.63, 3.8) is 0 Å². The third kappa shape index (κ3) is 2.97. The van der Waals surface area contributed by atoms with E-state index < -0.39 is 0 Å². The van der Waals surface area contributed by atoms with E-state index in [4.69, 9.17) is 11.6 Å². The van der Waals surface area contributed by atoms with Gasteiger partial charge in [-0.1, -0.05) is 25.4 Å². The number of nitrogens with zero attached hydrogens (tertiary/aromatic N) is 4. The second-order valence-electron chi connectivity index (χ2n) is 4.21. The Kier molecular flexibility index (Phi) is 3.64. The molecule has 0 N–H and O–H groups in total. The average molecular weight is 249 g/mol. The van der Waals surface area contributed by atoms with Crippen LogP contribution >= 0.6 is 11.6 Å². The summed E-state index contributed by atoms with van der Waals surface area (Å²) >= 11 is 5.98. The average Bonchev–Trinajstić information content (AvgIpc) is 2.32. The molecule has 0 atom stereocenters. The molecule has 0 saturated carbocycles. The van der Waals surface area contributed by atoms with Crippen molar-refractivity contribution in [2.24, 2.45) is 5.92 Å². The summed E-state index contributed by atoms with van der Waals surface area (Å²) in [5.74, 6) is 1.05. The third-order valence-corrected chi connectivity index (χ3v) is 2.53. The number of pyridine rings is 1. The Morgan fingerprint density at radius 1 is 1.29 bits per heavy atom. The first-order valence-corrected chi connectivity index (χ1v) is 5.84. The van der Waals surface area contributed by atoms with Crippen molar-refractivity contribution in [3.8, 4) is 11.4 Å². The van der Waals surface area contributed by atoms with Gasteiger partial charge in [-0.15, -0.1) is 10.2 Å². The highest BCUT2D eigenvalue weighted by Crippen LogP contribution is 2.18. The van der Waals surface area contributed by atoms with E-state index in [0.29, 0.717) is 16.9 Å². The number of hydrogen-bond donors (Lipinski definition) is 0. The maximum atomic E-state index is 5.98. The third-order valence-electron chi connectivity index (χ3n) is 2.23. The van der Waals surface area contributed by atoms with Crippen molar-refractivity contribution in [1.29, 1.82) is 0 Å². The first-order chi connectivity index (χ1) is 8.16. The minimum Gasteiger partial charge on any atom is -0.264 e. The molecular weight excluding hydrogens is 236 g/mol. The van der Waals surface area contributed by atoms with E-state index in [1.165, 1.54) is 0 Å². The standard InChI is InChI=1S/C12H13ClN4/c1-8(2)6-10-11(13)16-17-12(15-10)9-4-3-5-14-7-9/h3-5,7-8H,6H2,1-2H3. The van der Waals surface area contributed by atoms with Gasteiger partial charge in [-0.3, -0.25) is 4.98 Å². The summed E-state index contributed by atoms with van der Waals surface area (Å²) in [5.41, 5.74) is 1.64. The molecule has 2 aromatic rings. The van der Waals surface area contributed by atoms with E-state index in [1.807, 2.05) is 12.1 Å². The summed E-state index contributed by atoms with van der Waals surface area (Å²) in [6.07, 6.45) is 4.22. The van der Waals surface area contributed by atoms with Crippen molar-refractivity contribution < 1.29 is 0 Å². The fraction of sp³-hybridized carbons (Fsp3) is 0.333. The molecule has 0 spiro atoms. The second kappa shape index (κ2) is 5.19. The van der Waals surface area contributed by atoms with Crippen LogP contribution in [0.4, 0.5) is 0 Å². The van der Waals surface area contributed by atoms with Crippen LogP contribution in [0.1, 0.15) is 19.5 Å². The van der Waals surface area contributed by atoms with E-state index in [-0.39, 0.29) is 0 Å². The normalized spacial score (nSPS) is 10.8. The van der Waals surface area contributed by atoms with Crippen LogP contribution in [0.2, 0.25) is 5.15 Å². The molecule has 17 heavy (non-hydrogen) atoms. The molecule has 0 fully saturated rings. The van der Waals surface area contributed by atoms with Crippen molar-refractivity contribution in [3.05, 3.63) is 35.4 Å². The molecule has 0 saturated heterocycles. The number of rotatable bonds is 3. The van der Waals surface area contributed by atoms with Gasteiger partial charge in [-0.25, -0.2) is 4.98 Å². The molecule has 2 rings (SSSR count). The van der Waals surface area contributed by atoms with Crippen LogP contribution in [0, 0.1) is 5.92 Å². The lowest BCUT2D eigenvalue weighted by atomic mass is 10.1. The SMILES string of the molecule is CC(C)Cc1nc(-c2cccnc2)nnc1Cl. The molecule has 0 aliphatic rings.